The Balaban J connectivity index is 2.17. The molecule has 104 valence electrons. The first-order valence-corrected chi connectivity index (χ1v) is 7.82. The summed E-state index contributed by atoms with van der Waals surface area (Å²) in [7, 11) is 0. The first kappa shape index (κ1) is 13.3. The van der Waals surface area contributed by atoms with Crippen LogP contribution in [0.4, 0.5) is 0 Å². The second-order valence-corrected chi connectivity index (χ2v) is 6.29. The van der Waals surface area contributed by atoms with E-state index in [0.29, 0.717) is 13.3 Å². The van der Waals surface area contributed by atoms with Crippen LogP contribution >= 0.6 is 15.9 Å². The lowest BCUT2D eigenvalue weighted by atomic mass is 9.76. The van der Waals surface area contributed by atoms with Crippen LogP contribution in [0.5, 0.6) is 11.5 Å². The molecule has 4 heteroatoms. The van der Waals surface area contributed by atoms with Gasteiger partial charge in [-0.3, -0.25) is 0 Å². The van der Waals surface area contributed by atoms with Crippen molar-refractivity contribution in [2.24, 2.45) is 5.73 Å². The van der Waals surface area contributed by atoms with E-state index in [1.165, 1.54) is 36.8 Å². The highest BCUT2D eigenvalue weighted by molar-refractivity contribution is 9.10. The maximum absolute atomic E-state index is 6.13. The van der Waals surface area contributed by atoms with Crippen LogP contribution in [0.25, 0.3) is 0 Å². The lowest BCUT2D eigenvalue weighted by Crippen LogP contribution is -2.33. The molecule has 0 aromatic heterocycles. The summed E-state index contributed by atoms with van der Waals surface area (Å²) < 4.78 is 12.2. The Morgan fingerprint density at radius 3 is 2.68 bits per heavy atom. The van der Waals surface area contributed by atoms with Crippen molar-refractivity contribution in [2.75, 3.05) is 13.3 Å². The summed E-state index contributed by atoms with van der Waals surface area (Å²) in [6.45, 7) is 3.22. The first-order chi connectivity index (χ1) is 9.22. The van der Waals surface area contributed by atoms with Crippen molar-refractivity contribution in [3.8, 4) is 11.5 Å². The van der Waals surface area contributed by atoms with Gasteiger partial charge in [-0.1, -0.05) is 19.8 Å². The van der Waals surface area contributed by atoms with E-state index in [1.54, 1.807) is 0 Å². The van der Waals surface area contributed by atoms with E-state index in [1.807, 2.05) is 0 Å². The van der Waals surface area contributed by atoms with Crippen molar-refractivity contribution in [1.82, 2.24) is 0 Å². The largest absolute Gasteiger partial charge is 0.454 e. The third-order valence-electron chi connectivity index (χ3n) is 4.58. The summed E-state index contributed by atoms with van der Waals surface area (Å²) >= 11 is 3.70. The molecular formula is C15H20BrNO2. The number of hydrogen-bond donors (Lipinski definition) is 1. The van der Waals surface area contributed by atoms with Gasteiger partial charge >= 0.3 is 0 Å². The van der Waals surface area contributed by atoms with Crippen molar-refractivity contribution in [2.45, 2.75) is 44.4 Å². The van der Waals surface area contributed by atoms with Crippen molar-refractivity contribution in [3.05, 3.63) is 21.7 Å². The van der Waals surface area contributed by atoms with E-state index in [2.05, 4.69) is 28.9 Å². The predicted molar refractivity (Wildman–Crippen MR) is 78.8 cm³/mol. The molecule has 19 heavy (non-hydrogen) atoms. The van der Waals surface area contributed by atoms with Gasteiger partial charge in [-0.05, 0) is 52.4 Å². The highest BCUT2D eigenvalue weighted by atomic mass is 79.9. The molecule has 2 aliphatic rings. The van der Waals surface area contributed by atoms with Gasteiger partial charge in [0, 0.05) is 12.0 Å². The normalized spacial score (nSPS) is 19.9. The fourth-order valence-electron chi connectivity index (χ4n) is 3.49. The monoisotopic (exact) mass is 325 g/mol. The third-order valence-corrected chi connectivity index (χ3v) is 5.42. The SMILES string of the molecule is CCc1c(C2(CN)CCCC2)cc2c(c1Br)OCO2. The van der Waals surface area contributed by atoms with E-state index >= 15 is 0 Å². The minimum absolute atomic E-state index is 0.134. The van der Waals surface area contributed by atoms with Gasteiger partial charge in [0.2, 0.25) is 6.79 Å². The van der Waals surface area contributed by atoms with E-state index < -0.39 is 0 Å². The quantitative estimate of drug-likeness (QED) is 0.924. The van der Waals surface area contributed by atoms with Gasteiger partial charge in [0.25, 0.3) is 0 Å². The molecule has 1 aromatic rings. The fourth-order valence-corrected chi connectivity index (χ4v) is 4.30. The zero-order chi connectivity index (χ0) is 13.5. The summed E-state index contributed by atoms with van der Waals surface area (Å²) in [6.07, 6.45) is 5.89. The highest BCUT2D eigenvalue weighted by Gasteiger charge is 2.38. The molecule has 0 amide bonds. The number of fused-ring (bicyclic) bond motifs is 1. The molecule has 1 saturated carbocycles. The lowest BCUT2D eigenvalue weighted by Gasteiger charge is -2.31. The molecule has 1 aromatic carbocycles. The van der Waals surface area contributed by atoms with Crippen LogP contribution in [-0.4, -0.2) is 13.3 Å². The zero-order valence-electron chi connectivity index (χ0n) is 11.3. The Labute approximate surface area is 122 Å². The van der Waals surface area contributed by atoms with Gasteiger partial charge < -0.3 is 15.2 Å². The van der Waals surface area contributed by atoms with Gasteiger partial charge in [-0.2, -0.15) is 0 Å². The van der Waals surface area contributed by atoms with Crippen LogP contribution in [0.1, 0.15) is 43.7 Å². The zero-order valence-corrected chi connectivity index (χ0v) is 12.9. The molecule has 0 saturated heterocycles. The third kappa shape index (κ3) is 1.96. The summed E-state index contributed by atoms with van der Waals surface area (Å²) in [5.74, 6) is 1.71. The highest BCUT2D eigenvalue weighted by Crippen LogP contribution is 2.49. The average Bonchev–Trinajstić information content (AvgIpc) is 3.08. The first-order valence-electron chi connectivity index (χ1n) is 7.03. The molecule has 0 spiro atoms. The standard InChI is InChI=1S/C15H20BrNO2/c1-2-10-11(15(8-17)5-3-4-6-15)7-12-14(13(10)16)19-9-18-12/h7H,2-6,8-9,17H2,1H3. The molecule has 0 atom stereocenters. The van der Waals surface area contributed by atoms with E-state index in [4.69, 9.17) is 15.2 Å². The van der Waals surface area contributed by atoms with Crippen LogP contribution in [0.2, 0.25) is 0 Å². The molecule has 1 aliphatic heterocycles. The van der Waals surface area contributed by atoms with E-state index in [0.717, 1.165) is 22.4 Å². The van der Waals surface area contributed by atoms with Gasteiger partial charge in [-0.15, -0.1) is 0 Å². The van der Waals surface area contributed by atoms with Crippen molar-refractivity contribution in [1.29, 1.82) is 0 Å². The molecule has 1 fully saturated rings. The van der Waals surface area contributed by atoms with Crippen LogP contribution in [0.15, 0.2) is 10.5 Å². The minimum Gasteiger partial charge on any atom is -0.454 e. The van der Waals surface area contributed by atoms with Crippen molar-refractivity contribution >= 4 is 15.9 Å². The van der Waals surface area contributed by atoms with E-state index in [-0.39, 0.29) is 5.41 Å². The van der Waals surface area contributed by atoms with Gasteiger partial charge in [0.1, 0.15) is 0 Å². The molecule has 3 nitrogen and oxygen atoms in total. The van der Waals surface area contributed by atoms with Gasteiger partial charge in [-0.25, -0.2) is 0 Å². The molecule has 0 radical (unpaired) electrons. The second kappa shape index (κ2) is 4.98. The summed E-state index contributed by atoms with van der Waals surface area (Å²) in [5.41, 5.74) is 8.96. The summed E-state index contributed by atoms with van der Waals surface area (Å²) in [4.78, 5) is 0. The number of rotatable bonds is 3. The number of benzene rings is 1. The molecule has 1 heterocycles. The van der Waals surface area contributed by atoms with Crippen LogP contribution in [-0.2, 0) is 11.8 Å². The molecule has 0 bridgehead atoms. The maximum atomic E-state index is 6.13. The van der Waals surface area contributed by atoms with Crippen molar-refractivity contribution in [3.63, 3.8) is 0 Å². The van der Waals surface area contributed by atoms with Crippen LogP contribution in [0.3, 0.4) is 0 Å². The lowest BCUT2D eigenvalue weighted by molar-refractivity contribution is 0.173. The topological polar surface area (TPSA) is 44.5 Å². The van der Waals surface area contributed by atoms with Gasteiger partial charge in [0.15, 0.2) is 11.5 Å². The number of hydrogen-bond acceptors (Lipinski definition) is 3. The Bertz CT molecular complexity index is 495. The predicted octanol–water partition coefficient (Wildman–Crippen LogP) is 3.51. The van der Waals surface area contributed by atoms with Crippen molar-refractivity contribution < 1.29 is 9.47 Å². The number of ether oxygens (including phenoxy) is 2. The summed E-state index contributed by atoms with van der Waals surface area (Å²) in [6, 6.07) is 2.17. The van der Waals surface area contributed by atoms with Gasteiger partial charge in [0.05, 0.1) is 4.47 Å². The Kier molecular flexibility index (Phi) is 3.48. The van der Waals surface area contributed by atoms with Crippen LogP contribution < -0.4 is 15.2 Å². The van der Waals surface area contributed by atoms with Crippen LogP contribution in [0, 0.1) is 0 Å². The molecule has 3 rings (SSSR count). The number of nitrogens with two attached hydrogens (primary N) is 1. The average molecular weight is 326 g/mol. The Hall–Kier alpha value is -0.740. The molecule has 1 aliphatic carbocycles. The Morgan fingerprint density at radius 1 is 1.32 bits per heavy atom. The second-order valence-electron chi connectivity index (χ2n) is 5.50. The minimum atomic E-state index is 0.134. The van der Waals surface area contributed by atoms with E-state index in [9.17, 15) is 0 Å². The Morgan fingerprint density at radius 2 is 2.05 bits per heavy atom. The molecule has 2 N–H and O–H groups in total. The number of halogens is 1. The maximum Gasteiger partial charge on any atom is 0.231 e. The smallest absolute Gasteiger partial charge is 0.231 e. The summed E-state index contributed by atoms with van der Waals surface area (Å²) in [5, 5.41) is 0. The molecular weight excluding hydrogens is 306 g/mol. The molecule has 0 unspecified atom stereocenters. The fraction of sp³-hybridized carbons (Fsp3) is 0.600.